The number of hydrogen-bond acceptors (Lipinski definition) is 4. The van der Waals surface area contributed by atoms with Crippen LogP contribution in [0.15, 0.2) is 18.2 Å². The van der Waals surface area contributed by atoms with Crippen molar-refractivity contribution in [2.75, 3.05) is 6.54 Å². The minimum absolute atomic E-state index is 0.0459. The van der Waals surface area contributed by atoms with Gasteiger partial charge in [0.25, 0.3) is 11.6 Å². The topological polar surface area (TPSA) is 101 Å². The number of nitro benzene ring substituents is 1. The lowest BCUT2D eigenvalue weighted by Gasteiger charge is -2.35. The summed E-state index contributed by atoms with van der Waals surface area (Å²) in [5, 5.41) is 20.1. The SMILES string of the molecule is CC(C)N(CC1CCC1)C(=O)c1cc(C(=O)O)cc([N+](=O)[O-])c1. The van der Waals surface area contributed by atoms with Crippen molar-refractivity contribution in [1.29, 1.82) is 0 Å². The summed E-state index contributed by atoms with van der Waals surface area (Å²) in [6, 6.07) is 3.25. The Labute approximate surface area is 134 Å². The minimum atomic E-state index is -1.29. The second-order valence-corrected chi connectivity index (χ2v) is 6.18. The van der Waals surface area contributed by atoms with Crippen molar-refractivity contribution in [3.8, 4) is 0 Å². The molecule has 0 aromatic heterocycles. The summed E-state index contributed by atoms with van der Waals surface area (Å²) in [6.45, 7) is 4.36. The molecule has 0 atom stereocenters. The number of rotatable bonds is 6. The van der Waals surface area contributed by atoms with E-state index in [1.165, 1.54) is 6.07 Å². The molecule has 0 bridgehead atoms. The summed E-state index contributed by atoms with van der Waals surface area (Å²) in [5.41, 5.74) is -0.597. The predicted molar refractivity (Wildman–Crippen MR) is 83.6 cm³/mol. The largest absolute Gasteiger partial charge is 0.478 e. The monoisotopic (exact) mass is 320 g/mol. The zero-order valence-electron chi connectivity index (χ0n) is 13.2. The number of hydrogen-bond donors (Lipinski definition) is 1. The molecular formula is C16H20N2O5. The van der Waals surface area contributed by atoms with E-state index < -0.39 is 10.9 Å². The molecule has 1 aromatic rings. The predicted octanol–water partition coefficient (Wildman–Crippen LogP) is 2.94. The second-order valence-electron chi connectivity index (χ2n) is 6.18. The van der Waals surface area contributed by atoms with Gasteiger partial charge < -0.3 is 10.0 Å². The van der Waals surface area contributed by atoms with Gasteiger partial charge in [-0.15, -0.1) is 0 Å². The maximum atomic E-state index is 12.7. The van der Waals surface area contributed by atoms with E-state index in [-0.39, 0.29) is 28.8 Å². The average Bonchev–Trinajstić information content (AvgIpc) is 2.44. The molecule has 2 rings (SSSR count). The summed E-state index contributed by atoms with van der Waals surface area (Å²) < 4.78 is 0. The Hall–Kier alpha value is -2.44. The Bertz CT molecular complexity index is 605. The van der Waals surface area contributed by atoms with Crippen molar-refractivity contribution in [2.45, 2.75) is 39.2 Å². The fraction of sp³-hybridized carbons (Fsp3) is 0.500. The Morgan fingerprint density at radius 1 is 1.30 bits per heavy atom. The van der Waals surface area contributed by atoms with Gasteiger partial charge in [-0.2, -0.15) is 0 Å². The van der Waals surface area contributed by atoms with Crippen LogP contribution in [0.25, 0.3) is 0 Å². The number of nitro groups is 1. The highest BCUT2D eigenvalue weighted by molar-refractivity contribution is 5.98. The highest BCUT2D eigenvalue weighted by atomic mass is 16.6. The molecule has 1 fully saturated rings. The first-order valence-electron chi connectivity index (χ1n) is 7.63. The van der Waals surface area contributed by atoms with Crippen LogP contribution in [0.3, 0.4) is 0 Å². The van der Waals surface area contributed by atoms with Gasteiger partial charge in [-0.25, -0.2) is 4.79 Å². The lowest BCUT2D eigenvalue weighted by Crippen LogP contribution is -2.42. The second kappa shape index (κ2) is 6.76. The molecule has 7 nitrogen and oxygen atoms in total. The molecule has 7 heteroatoms. The zero-order valence-corrected chi connectivity index (χ0v) is 13.2. The number of carbonyl (C=O) groups is 2. The van der Waals surface area contributed by atoms with Crippen LogP contribution in [0.2, 0.25) is 0 Å². The van der Waals surface area contributed by atoms with Gasteiger partial charge in [0.15, 0.2) is 0 Å². The normalized spacial score (nSPS) is 14.4. The minimum Gasteiger partial charge on any atom is -0.478 e. The van der Waals surface area contributed by atoms with Gasteiger partial charge in [0, 0.05) is 30.3 Å². The molecule has 0 radical (unpaired) electrons. The van der Waals surface area contributed by atoms with Gasteiger partial charge in [-0.05, 0) is 38.7 Å². The first-order valence-corrected chi connectivity index (χ1v) is 7.63. The third kappa shape index (κ3) is 3.85. The average molecular weight is 320 g/mol. The van der Waals surface area contributed by atoms with E-state index in [1.54, 1.807) is 4.90 Å². The van der Waals surface area contributed by atoms with E-state index in [2.05, 4.69) is 0 Å². The first kappa shape index (κ1) is 16.9. The van der Waals surface area contributed by atoms with E-state index in [1.807, 2.05) is 13.8 Å². The van der Waals surface area contributed by atoms with Gasteiger partial charge in [-0.1, -0.05) is 6.42 Å². The fourth-order valence-electron chi connectivity index (χ4n) is 2.61. The van der Waals surface area contributed by atoms with E-state index in [0.717, 1.165) is 31.4 Å². The van der Waals surface area contributed by atoms with Crippen LogP contribution < -0.4 is 0 Å². The van der Waals surface area contributed by atoms with Crippen molar-refractivity contribution in [3.63, 3.8) is 0 Å². The first-order chi connectivity index (χ1) is 10.8. The fourth-order valence-corrected chi connectivity index (χ4v) is 2.61. The Morgan fingerprint density at radius 3 is 2.35 bits per heavy atom. The van der Waals surface area contributed by atoms with E-state index >= 15 is 0 Å². The third-order valence-corrected chi connectivity index (χ3v) is 4.19. The van der Waals surface area contributed by atoms with Crippen LogP contribution in [0.5, 0.6) is 0 Å². The third-order valence-electron chi connectivity index (χ3n) is 4.19. The van der Waals surface area contributed by atoms with E-state index in [4.69, 9.17) is 5.11 Å². The maximum Gasteiger partial charge on any atom is 0.335 e. The number of non-ortho nitro benzene ring substituents is 1. The smallest absolute Gasteiger partial charge is 0.335 e. The molecule has 124 valence electrons. The van der Waals surface area contributed by atoms with Crippen LogP contribution >= 0.6 is 0 Å². The highest BCUT2D eigenvalue weighted by Crippen LogP contribution is 2.28. The Balaban J connectivity index is 2.34. The Morgan fingerprint density at radius 2 is 1.91 bits per heavy atom. The number of carboxylic acids is 1. The summed E-state index contributed by atoms with van der Waals surface area (Å²) in [7, 11) is 0. The summed E-state index contributed by atoms with van der Waals surface area (Å²) in [4.78, 5) is 35.8. The van der Waals surface area contributed by atoms with Gasteiger partial charge in [-0.3, -0.25) is 14.9 Å². The van der Waals surface area contributed by atoms with Crippen LogP contribution in [0, 0.1) is 16.0 Å². The van der Waals surface area contributed by atoms with Crippen molar-refractivity contribution in [1.82, 2.24) is 4.90 Å². The quantitative estimate of drug-likeness (QED) is 0.641. The van der Waals surface area contributed by atoms with Crippen molar-refractivity contribution >= 4 is 17.6 Å². The number of amides is 1. The lowest BCUT2D eigenvalue weighted by atomic mass is 9.84. The summed E-state index contributed by atoms with van der Waals surface area (Å²) in [6.07, 6.45) is 3.31. The highest BCUT2D eigenvalue weighted by Gasteiger charge is 2.27. The number of carboxylic acid groups (broad SMARTS) is 1. The number of aromatic carboxylic acids is 1. The van der Waals surface area contributed by atoms with Crippen LogP contribution in [0.1, 0.15) is 53.8 Å². The molecule has 0 unspecified atom stereocenters. The number of nitrogens with zero attached hydrogens (tertiary/aromatic N) is 2. The molecule has 1 N–H and O–H groups in total. The molecule has 0 spiro atoms. The molecule has 1 saturated carbocycles. The van der Waals surface area contributed by atoms with Crippen LogP contribution in [0.4, 0.5) is 5.69 Å². The molecule has 1 aromatic carbocycles. The van der Waals surface area contributed by atoms with E-state index in [0.29, 0.717) is 12.5 Å². The van der Waals surface area contributed by atoms with Crippen LogP contribution in [-0.2, 0) is 0 Å². The van der Waals surface area contributed by atoms with Crippen molar-refractivity contribution in [2.24, 2.45) is 5.92 Å². The Kier molecular flexibility index (Phi) is 4.98. The number of carbonyl (C=O) groups excluding carboxylic acids is 1. The summed E-state index contributed by atoms with van der Waals surface area (Å²) in [5.74, 6) is -1.20. The zero-order chi connectivity index (χ0) is 17.1. The molecule has 0 saturated heterocycles. The molecule has 1 amide bonds. The molecule has 1 aliphatic carbocycles. The van der Waals surface area contributed by atoms with Crippen LogP contribution in [-0.4, -0.2) is 39.4 Å². The van der Waals surface area contributed by atoms with Crippen molar-refractivity contribution in [3.05, 3.63) is 39.4 Å². The standard InChI is InChI=1S/C16H20N2O5/c1-10(2)17(9-11-4-3-5-11)15(19)12-6-13(16(20)21)8-14(7-12)18(22)23/h6-8,10-11H,3-5,9H2,1-2H3,(H,20,21). The molecule has 1 aliphatic rings. The lowest BCUT2D eigenvalue weighted by molar-refractivity contribution is -0.384. The molecule has 0 heterocycles. The van der Waals surface area contributed by atoms with Gasteiger partial charge in [0.2, 0.25) is 0 Å². The molecule has 0 aliphatic heterocycles. The molecule has 23 heavy (non-hydrogen) atoms. The van der Waals surface area contributed by atoms with Gasteiger partial charge in [0.05, 0.1) is 10.5 Å². The maximum absolute atomic E-state index is 12.7. The van der Waals surface area contributed by atoms with E-state index in [9.17, 15) is 19.7 Å². The van der Waals surface area contributed by atoms with Gasteiger partial charge in [0.1, 0.15) is 0 Å². The molecular weight excluding hydrogens is 300 g/mol. The van der Waals surface area contributed by atoms with Crippen molar-refractivity contribution < 1.29 is 19.6 Å². The summed E-state index contributed by atoms with van der Waals surface area (Å²) >= 11 is 0. The van der Waals surface area contributed by atoms with Gasteiger partial charge >= 0.3 is 5.97 Å². The number of benzene rings is 1.